The van der Waals surface area contributed by atoms with Crippen LogP contribution in [0.15, 0.2) is 60.9 Å². The zero-order chi connectivity index (χ0) is 40.8. The van der Waals surface area contributed by atoms with Crippen LogP contribution in [0, 0.1) is 22.7 Å². The number of alkyl halides is 4. The first-order chi connectivity index (χ1) is 26.1. The topological polar surface area (TPSA) is 98.0 Å². The second-order valence-electron chi connectivity index (χ2n) is 18.2. The number of amides is 2. The van der Waals surface area contributed by atoms with Crippen molar-refractivity contribution in [1.82, 2.24) is 29.7 Å². The van der Waals surface area contributed by atoms with Crippen LogP contribution in [0.4, 0.5) is 17.6 Å². The number of rotatable bonds is 9. The first kappa shape index (κ1) is 41.2. The smallest absolute Gasteiger partial charge is 0.248 e. The van der Waals surface area contributed by atoms with Crippen molar-refractivity contribution in [2.45, 2.75) is 117 Å². The van der Waals surface area contributed by atoms with Crippen LogP contribution in [0.3, 0.4) is 0 Å². The van der Waals surface area contributed by atoms with E-state index in [0.717, 1.165) is 33.6 Å². The number of nitrogens with zero attached hydrogens (tertiary/aromatic N) is 4. The maximum Gasteiger partial charge on any atom is 0.248 e. The third kappa shape index (κ3) is 9.05. The van der Waals surface area contributed by atoms with Gasteiger partial charge in [0.1, 0.15) is 11.6 Å². The molecule has 2 unspecified atom stereocenters. The first-order valence-corrected chi connectivity index (χ1v) is 19.7. The predicted octanol–water partition coefficient (Wildman–Crippen LogP) is 10.9. The molecule has 0 aliphatic heterocycles. The molecular formula is C44H56F4N6O2. The normalized spacial score (nSPS) is 19.0. The fourth-order valence-electron chi connectivity index (χ4n) is 8.68. The minimum atomic E-state index is -2.69. The Morgan fingerprint density at radius 1 is 0.589 bits per heavy atom. The molecule has 2 saturated carbocycles. The maximum absolute atomic E-state index is 13.8. The van der Waals surface area contributed by atoms with Crippen LogP contribution in [0.5, 0.6) is 0 Å². The molecule has 2 fully saturated rings. The fraction of sp³-hybridized carbons (Fsp3) is 0.545. The number of aromatic nitrogens is 4. The van der Waals surface area contributed by atoms with Gasteiger partial charge in [0.15, 0.2) is 0 Å². The third-order valence-electron chi connectivity index (χ3n) is 11.7. The predicted molar refractivity (Wildman–Crippen MR) is 211 cm³/mol. The summed E-state index contributed by atoms with van der Waals surface area (Å²) >= 11 is 0. The van der Waals surface area contributed by atoms with Gasteiger partial charge in [0.05, 0.1) is 35.9 Å². The molecule has 302 valence electrons. The summed E-state index contributed by atoms with van der Waals surface area (Å²) in [6.07, 6.45) is 3.25. The zero-order valence-electron chi connectivity index (χ0n) is 33.9. The highest BCUT2D eigenvalue weighted by Crippen LogP contribution is 2.43. The van der Waals surface area contributed by atoms with Crippen LogP contribution in [0.2, 0.25) is 0 Å². The second-order valence-corrected chi connectivity index (χ2v) is 18.2. The molecule has 2 atom stereocenters. The monoisotopic (exact) mass is 776 g/mol. The van der Waals surface area contributed by atoms with Gasteiger partial charge in [-0.15, -0.1) is 0 Å². The number of aromatic amines is 2. The van der Waals surface area contributed by atoms with Gasteiger partial charge < -0.3 is 19.8 Å². The molecule has 2 heterocycles. The number of hydrogen-bond donors (Lipinski definition) is 2. The van der Waals surface area contributed by atoms with Crippen molar-refractivity contribution in [3.63, 3.8) is 0 Å². The summed E-state index contributed by atoms with van der Waals surface area (Å²) in [5.41, 5.74) is 4.80. The van der Waals surface area contributed by atoms with Gasteiger partial charge in [-0.3, -0.25) is 9.59 Å². The van der Waals surface area contributed by atoms with E-state index in [0.29, 0.717) is 11.6 Å². The van der Waals surface area contributed by atoms with Gasteiger partial charge in [0.25, 0.3) is 0 Å². The average molecular weight is 777 g/mol. The third-order valence-corrected chi connectivity index (χ3v) is 11.7. The van der Waals surface area contributed by atoms with Crippen LogP contribution >= 0.6 is 0 Å². The summed E-state index contributed by atoms with van der Waals surface area (Å²) in [6, 6.07) is 15.5. The van der Waals surface area contributed by atoms with Gasteiger partial charge >= 0.3 is 0 Å². The Morgan fingerprint density at radius 2 is 0.875 bits per heavy atom. The van der Waals surface area contributed by atoms with Crippen molar-refractivity contribution in [2.75, 3.05) is 14.1 Å². The van der Waals surface area contributed by atoms with Crippen molar-refractivity contribution in [3.05, 3.63) is 72.6 Å². The lowest BCUT2D eigenvalue weighted by molar-refractivity contribution is -0.144. The summed E-state index contributed by atoms with van der Waals surface area (Å²) < 4.78 is 55.2. The Morgan fingerprint density at radius 3 is 1.16 bits per heavy atom. The number of halogens is 4. The van der Waals surface area contributed by atoms with E-state index in [1.807, 2.05) is 90.1 Å². The fourth-order valence-corrected chi connectivity index (χ4v) is 8.68. The van der Waals surface area contributed by atoms with E-state index in [1.54, 1.807) is 36.3 Å². The Labute approximate surface area is 327 Å². The van der Waals surface area contributed by atoms with Crippen molar-refractivity contribution in [3.8, 4) is 33.6 Å². The highest BCUT2D eigenvalue weighted by Gasteiger charge is 2.43. The number of hydrogen-bond acceptors (Lipinski definition) is 4. The van der Waals surface area contributed by atoms with Crippen molar-refractivity contribution in [1.29, 1.82) is 0 Å². The summed E-state index contributed by atoms with van der Waals surface area (Å²) in [7, 11) is 3.49. The summed E-state index contributed by atoms with van der Waals surface area (Å²) in [5.74, 6) is -5.17. The Hall–Kier alpha value is -4.48. The van der Waals surface area contributed by atoms with Crippen LogP contribution in [-0.4, -0.2) is 67.5 Å². The SMILES string of the molecule is CN(C(=O)C1CCC(F)(F)CC1)C(c1ncc(-c2ccc(-c3ccc(-c4cnc(C(N(C)C(=O)C5CCC(F)(F)CC5)C(C)(C)C)[nH]4)cc3)cc2)[nH]1)C(C)(C)C. The molecule has 2 amide bonds. The Bertz CT molecular complexity index is 1830. The quantitative estimate of drug-likeness (QED) is 0.165. The molecule has 0 saturated heterocycles. The molecule has 56 heavy (non-hydrogen) atoms. The highest BCUT2D eigenvalue weighted by atomic mass is 19.3. The van der Waals surface area contributed by atoms with Gasteiger partial charge in [0, 0.05) is 51.6 Å². The molecule has 2 N–H and O–H groups in total. The number of nitrogens with one attached hydrogen (secondary N) is 2. The molecule has 0 spiro atoms. The van der Waals surface area contributed by atoms with Crippen LogP contribution in [0.1, 0.15) is 117 Å². The van der Waals surface area contributed by atoms with E-state index >= 15 is 0 Å². The number of benzene rings is 2. The lowest BCUT2D eigenvalue weighted by atomic mass is 9.82. The molecule has 0 radical (unpaired) electrons. The second kappa shape index (κ2) is 15.5. The number of H-pyrrole nitrogens is 2. The van der Waals surface area contributed by atoms with Gasteiger partial charge in [-0.25, -0.2) is 27.5 Å². The van der Waals surface area contributed by atoms with E-state index in [1.165, 1.54) is 0 Å². The molecule has 8 nitrogen and oxygen atoms in total. The minimum absolute atomic E-state index is 0.122. The van der Waals surface area contributed by atoms with Gasteiger partial charge in [-0.05, 0) is 58.8 Å². The Kier molecular flexibility index (Phi) is 11.4. The van der Waals surface area contributed by atoms with Crippen LogP contribution in [0.25, 0.3) is 33.6 Å². The summed E-state index contributed by atoms with van der Waals surface area (Å²) in [5, 5.41) is 0. The molecule has 2 aliphatic carbocycles. The van der Waals surface area contributed by atoms with E-state index in [9.17, 15) is 27.2 Å². The van der Waals surface area contributed by atoms with E-state index < -0.39 is 23.7 Å². The Balaban J connectivity index is 1.13. The van der Waals surface area contributed by atoms with Crippen molar-refractivity contribution in [2.24, 2.45) is 22.7 Å². The van der Waals surface area contributed by atoms with Crippen LogP contribution in [-0.2, 0) is 9.59 Å². The molecule has 6 rings (SSSR count). The lowest BCUT2D eigenvalue weighted by Crippen LogP contribution is -2.43. The molecule has 0 bridgehead atoms. The minimum Gasteiger partial charge on any atom is -0.340 e. The molecule has 2 aromatic carbocycles. The van der Waals surface area contributed by atoms with Gasteiger partial charge in [-0.1, -0.05) is 90.1 Å². The van der Waals surface area contributed by atoms with Crippen molar-refractivity contribution < 1.29 is 27.2 Å². The van der Waals surface area contributed by atoms with Gasteiger partial charge in [-0.2, -0.15) is 0 Å². The molecule has 4 aromatic rings. The number of carbonyl (C=O) groups excluding carboxylic acids is 2. The summed E-state index contributed by atoms with van der Waals surface area (Å²) in [6.45, 7) is 12.3. The molecule has 2 aromatic heterocycles. The first-order valence-electron chi connectivity index (χ1n) is 19.7. The highest BCUT2D eigenvalue weighted by molar-refractivity contribution is 5.80. The molecule has 2 aliphatic rings. The van der Waals surface area contributed by atoms with E-state index in [2.05, 4.69) is 9.97 Å². The van der Waals surface area contributed by atoms with Crippen LogP contribution < -0.4 is 0 Å². The standard InChI is InChI=1S/C44H56F4N6O2/c1-41(2,3)35(53(7)39(55)31-17-21-43(45,46)22-18-31)37-49-25-33(51-37)29-13-9-27(10-14-29)28-11-15-30(16-12-28)34-26-50-38(52-34)36(42(4,5)6)54(8)40(56)32-19-23-44(47,48)24-20-32/h9-16,25-26,31-32,35-36H,17-24H2,1-8H3,(H,49,51)(H,50,52). The van der Waals surface area contributed by atoms with E-state index in [-0.39, 0.29) is 86.1 Å². The molecule has 12 heteroatoms. The van der Waals surface area contributed by atoms with Crippen molar-refractivity contribution >= 4 is 11.8 Å². The zero-order valence-corrected chi connectivity index (χ0v) is 33.9. The molecular weight excluding hydrogens is 721 g/mol. The van der Waals surface area contributed by atoms with Gasteiger partial charge in [0.2, 0.25) is 23.7 Å². The summed E-state index contributed by atoms with van der Waals surface area (Å²) in [4.78, 5) is 46.6. The largest absolute Gasteiger partial charge is 0.340 e. The average Bonchev–Trinajstić information content (AvgIpc) is 3.81. The lowest BCUT2D eigenvalue weighted by Gasteiger charge is -2.39. The van der Waals surface area contributed by atoms with E-state index in [4.69, 9.17) is 9.97 Å². The number of imidazole rings is 2. The maximum atomic E-state index is 13.8. The number of carbonyl (C=O) groups is 2.